The van der Waals surface area contributed by atoms with Crippen LogP contribution in [0.3, 0.4) is 0 Å². The zero-order valence-corrected chi connectivity index (χ0v) is 7.80. The lowest BCUT2D eigenvalue weighted by Crippen LogP contribution is -2.37. The minimum Gasteiger partial charge on any atom is -0.388 e. The van der Waals surface area contributed by atoms with Gasteiger partial charge in [0.05, 0.1) is 6.61 Å². The molecule has 7 nitrogen and oxygen atoms in total. The standard InChI is InChI=1S/C5H10FO7P/c6-1-3(7)5(9)4(8)2-13-14(10,11)12/h4-5,8-9H,1-2H2,(H2,10,11,12)/t4-,5-/m1/s1. The van der Waals surface area contributed by atoms with Crippen molar-refractivity contribution in [2.75, 3.05) is 13.3 Å². The summed E-state index contributed by atoms with van der Waals surface area (Å²) in [5, 5.41) is 17.7. The summed E-state index contributed by atoms with van der Waals surface area (Å²) in [5.74, 6) is -1.29. The average Bonchev–Trinajstić information content (AvgIpc) is 2.10. The molecule has 9 heteroatoms. The predicted molar refractivity (Wildman–Crippen MR) is 41.0 cm³/mol. The van der Waals surface area contributed by atoms with E-state index in [0.29, 0.717) is 0 Å². The summed E-state index contributed by atoms with van der Waals surface area (Å²) in [6.45, 7) is -2.44. The Morgan fingerprint density at radius 3 is 2.29 bits per heavy atom. The maximum absolute atomic E-state index is 11.7. The second-order valence-corrected chi connectivity index (χ2v) is 3.64. The van der Waals surface area contributed by atoms with Crippen LogP contribution >= 0.6 is 7.82 Å². The van der Waals surface area contributed by atoms with Crippen LogP contribution in [-0.4, -0.2) is 51.3 Å². The Kier molecular flexibility index (Phi) is 5.35. The summed E-state index contributed by atoms with van der Waals surface area (Å²) in [6, 6.07) is 0. The number of aliphatic hydroxyl groups excluding tert-OH is 2. The Labute approximate surface area is 78.4 Å². The van der Waals surface area contributed by atoms with Gasteiger partial charge in [-0.1, -0.05) is 0 Å². The zero-order valence-electron chi connectivity index (χ0n) is 6.91. The summed E-state index contributed by atoms with van der Waals surface area (Å²) in [5.41, 5.74) is 0. The van der Waals surface area contributed by atoms with Gasteiger partial charge in [-0.25, -0.2) is 8.96 Å². The Morgan fingerprint density at radius 2 is 1.93 bits per heavy atom. The first kappa shape index (κ1) is 13.6. The van der Waals surface area contributed by atoms with Gasteiger partial charge in [-0.3, -0.25) is 9.32 Å². The first-order valence-electron chi connectivity index (χ1n) is 3.43. The van der Waals surface area contributed by atoms with Crippen molar-refractivity contribution in [3.63, 3.8) is 0 Å². The lowest BCUT2D eigenvalue weighted by atomic mass is 10.1. The fourth-order valence-corrected chi connectivity index (χ4v) is 0.905. The molecule has 0 amide bonds. The van der Waals surface area contributed by atoms with Crippen LogP contribution in [0, 0.1) is 0 Å². The molecule has 0 aromatic rings. The fraction of sp³-hybridized carbons (Fsp3) is 0.800. The van der Waals surface area contributed by atoms with E-state index in [1.807, 2.05) is 0 Å². The van der Waals surface area contributed by atoms with E-state index < -0.39 is 39.1 Å². The number of phosphoric ester groups is 1. The minimum atomic E-state index is -4.77. The zero-order chi connectivity index (χ0) is 11.4. The molecule has 0 saturated heterocycles. The number of ketones is 1. The van der Waals surface area contributed by atoms with E-state index in [-0.39, 0.29) is 0 Å². The van der Waals surface area contributed by atoms with Gasteiger partial charge < -0.3 is 20.0 Å². The lowest BCUT2D eigenvalue weighted by Gasteiger charge is -2.15. The first-order valence-corrected chi connectivity index (χ1v) is 4.96. The second-order valence-electron chi connectivity index (χ2n) is 2.40. The Morgan fingerprint density at radius 1 is 1.43 bits per heavy atom. The Bertz CT molecular complexity index is 238. The summed E-state index contributed by atoms with van der Waals surface area (Å²) in [4.78, 5) is 26.8. The summed E-state index contributed by atoms with van der Waals surface area (Å²) in [6.07, 6.45) is -3.92. The van der Waals surface area contributed by atoms with Crippen LogP contribution in [0.2, 0.25) is 0 Å². The van der Waals surface area contributed by atoms with Crippen molar-refractivity contribution in [3.05, 3.63) is 0 Å². The maximum Gasteiger partial charge on any atom is 0.469 e. The van der Waals surface area contributed by atoms with Gasteiger partial charge in [-0.15, -0.1) is 0 Å². The van der Waals surface area contributed by atoms with E-state index in [9.17, 15) is 13.8 Å². The number of carbonyl (C=O) groups excluding carboxylic acids is 1. The number of halogens is 1. The molecule has 2 atom stereocenters. The highest BCUT2D eigenvalue weighted by atomic mass is 31.2. The summed E-state index contributed by atoms with van der Waals surface area (Å²) in [7, 11) is -4.77. The topological polar surface area (TPSA) is 124 Å². The number of carbonyl (C=O) groups is 1. The highest BCUT2D eigenvalue weighted by Crippen LogP contribution is 2.35. The van der Waals surface area contributed by atoms with E-state index >= 15 is 0 Å². The van der Waals surface area contributed by atoms with Crippen molar-refractivity contribution in [3.8, 4) is 0 Å². The van der Waals surface area contributed by atoms with Gasteiger partial charge in [0.1, 0.15) is 12.2 Å². The predicted octanol–water partition coefficient (Wildman–Crippen LogP) is -1.64. The van der Waals surface area contributed by atoms with Crippen LogP contribution in [0.4, 0.5) is 4.39 Å². The summed E-state index contributed by atoms with van der Waals surface area (Å²) >= 11 is 0. The first-order chi connectivity index (χ1) is 6.28. The van der Waals surface area contributed by atoms with E-state index in [1.165, 1.54) is 0 Å². The molecule has 0 aromatic carbocycles. The SMILES string of the molecule is O=C(CF)[C@@H](O)[C@H](O)COP(=O)(O)O. The van der Waals surface area contributed by atoms with Gasteiger partial charge in [0.2, 0.25) is 0 Å². The molecule has 84 valence electrons. The smallest absolute Gasteiger partial charge is 0.388 e. The molecule has 0 radical (unpaired) electrons. The average molecular weight is 232 g/mol. The molecule has 0 bridgehead atoms. The molecular formula is C5H10FO7P. The van der Waals surface area contributed by atoms with Crippen molar-refractivity contribution < 1.29 is 38.3 Å². The lowest BCUT2D eigenvalue weighted by molar-refractivity contribution is -0.135. The molecule has 0 fully saturated rings. The van der Waals surface area contributed by atoms with Gasteiger partial charge in [-0.2, -0.15) is 0 Å². The van der Waals surface area contributed by atoms with E-state index in [0.717, 1.165) is 0 Å². The highest BCUT2D eigenvalue weighted by molar-refractivity contribution is 7.46. The molecule has 0 aromatic heterocycles. The molecule has 0 aliphatic heterocycles. The number of hydrogen-bond donors (Lipinski definition) is 4. The van der Waals surface area contributed by atoms with Crippen LogP contribution in [0.15, 0.2) is 0 Å². The van der Waals surface area contributed by atoms with Crippen LogP contribution in [0.25, 0.3) is 0 Å². The van der Waals surface area contributed by atoms with Crippen LogP contribution in [0.5, 0.6) is 0 Å². The van der Waals surface area contributed by atoms with Gasteiger partial charge in [0.15, 0.2) is 12.5 Å². The van der Waals surface area contributed by atoms with Crippen molar-refractivity contribution >= 4 is 13.6 Å². The maximum atomic E-state index is 11.7. The number of Topliss-reactive ketones (excluding diaryl/α,β-unsaturated/α-hetero) is 1. The second kappa shape index (κ2) is 5.50. The molecule has 0 spiro atoms. The fourth-order valence-electron chi connectivity index (χ4n) is 0.558. The van der Waals surface area contributed by atoms with Crippen molar-refractivity contribution in [1.82, 2.24) is 0 Å². The van der Waals surface area contributed by atoms with Gasteiger partial charge in [0.25, 0.3) is 0 Å². The molecule has 0 unspecified atom stereocenters. The normalized spacial score (nSPS) is 16.4. The molecule has 0 aliphatic rings. The number of hydrogen-bond acceptors (Lipinski definition) is 5. The summed E-state index contributed by atoms with van der Waals surface area (Å²) < 4.78 is 25.6. The minimum absolute atomic E-state index is 0.961. The van der Waals surface area contributed by atoms with E-state index in [2.05, 4.69) is 4.52 Å². The third-order valence-electron chi connectivity index (χ3n) is 1.24. The van der Waals surface area contributed by atoms with Gasteiger partial charge in [-0.05, 0) is 0 Å². The van der Waals surface area contributed by atoms with Crippen molar-refractivity contribution in [1.29, 1.82) is 0 Å². The van der Waals surface area contributed by atoms with Crippen LogP contribution in [0.1, 0.15) is 0 Å². The third-order valence-corrected chi connectivity index (χ3v) is 1.72. The number of phosphoric acid groups is 1. The number of rotatable bonds is 6. The molecule has 0 rings (SSSR count). The van der Waals surface area contributed by atoms with E-state index in [4.69, 9.17) is 20.0 Å². The van der Waals surface area contributed by atoms with Gasteiger partial charge in [0, 0.05) is 0 Å². The Balaban J connectivity index is 4.02. The van der Waals surface area contributed by atoms with Gasteiger partial charge >= 0.3 is 7.82 Å². The van der Waals surface area contributed by atoms with Crippen LogP contribution < -0.4 is 0 Å². The van der Waals surface area contributed by atoms with Crippen molar-refractivity contribution in [2.45, 2.75) is 12.2 Å². The third kappa shape index (κ3) is 5.38. The largest absolute Gasteiger partial charge is 0.469 e. The van der Waals surface area contributed by atoms with E-state index in [1.54, 1.807) is 0 Å². The van der Waals surface area contributed by atoms with Crippen LogP contribution in [-0.2, 0) is 13.9 Å². The number of alkyl halides is 1. The molecular weight excluding hydrogens is 222 g/mol. The monoisotopic (exact) mass is 232 g/mol. The molecule has 4 N–H and O–H groups in total. The van der Waals surface area contributed by atoms with Crippen molar-refractivity contribution in [2.24, 2.45) is 0 Å². The Hall–Kier alpha value is -0.370. The molecule has 0 saturated carbocycles. The number of aliphatic hydroxyl groups is 2. The molecule has 14 heavy (non-hydrogen) atoms. The highest BCUT2D eigenvalue weighted by Gasteiger charge is 2.26. The quantitative estimate of drug-likeness (QED) is 0.404. The molecule has 0 aliphatic carbocycles. The molecule has 0 heterocycles.